The predicted octanol–water partition coefficient (Wildman–Crippen LogP) is 4.58. The van der Waals surface area contributed by atoms with Gasteiger partial charge in [-0.25, -0.2) is 0 Å². The lowest BCUT2D eigenvalue weighted by molar-refractivity contribution is -0.143. The highest BCUT2D eigenvalue weighted by Gasteiger charge is 2.27. The van der Waals surface area contributed by atoms with Gasteiger partial charge in [0.15, 0.2) is 0 Å². The van der Waals surface area contributed by atoms with E-state index in [4.69, 9.17) is 4.74 Å². The molecule has 0 aliphatic heterocycles. The zero-order valence-corrected chi connectivity index (χ0v) is 19.6. The smallest absolute Gasteiger partial charge is 0.325 e. The standard InChI is InChI=1S/C23H36N2O4.ClH/c1-6-25(4)22(23(27)28)19-14-13-18(15-20(19)29-5)16-24-21(26)12-10-8-7-9-11-17(2)3;/h9,11,13-15,17,22H,6-8,10,12,16H2,1-5H3,(H,24,26)(H,27,28);1H/b11-9+;. The molecule has 0 aliphatic carbocycles. The molecule has 1 atom stereocenters. The molecular formula is C23H37ClN2O4. The molecule has 6 nitrogen and oxygen atoms in total. The number of carboxylic acids is 1. The Hall–Kier alpha value is -2.05. The van der Waals surface area contributed by atoms with Gasteiger partial charge in [-0.05, 0) is 50.4 Å². The van der Waals surface area contributed by atoms with Crippen LogP contribution in [-0.2, 0) is 16.1 Å². The van der Waals surface area contributed by atoms with E-state index in [0.29, 0.717) is 36.7 Å². The molecule has 0 aliphatic rings. The third-order valence-corrected chi connectivity index (χ3v) is 4.80. The van der Waals surface area contributed by atoms with E-state index in [0.717, 1.165) is 24.8 Å². The van der Waals surface area contributed by atoms with Gasteiger partial charge in [-0.15, -0.1) is 12.4 Å². The van der Waals surface area contributed by atoms with Crippen LogP contribution in [0.5, 0.6) is 5.75 Å². The van der Waals surface area contributed by atoms with E-state index >= 15 is 0 Å². The second-order valence-electron chi connectivity index (χ2n) is 7.58. The molecule has 1 amide bonds. The minimum atomic E-state index is -0.919. The summed E-state index contributed by atoms with van der Waals surface area (Å²) >= 11 is 0. The van der Waals surface area contributed by atoms with E-state index in [2.05, 4.69) is 31.3 Å². The highest BCUT2D eigenvalue weighted by molar-refractivity contribution is 5.85. The first-order valence-corrected chi connectivity index (χ1v) is 10.3. The number of carboxylic acid groups (broad SMARTS) is 1. The van der Waals surface area contributed by atoms with Crippen LogP contribution in [0.25, 0.3) is 0 Å². The summed E-state index contributed by atoms with van der Waals surface area (Å²) in [5.41, 5.74) is 1.48. The molecule has 0 saturated carbocycles. The van der Waals surface area contributed by atoms with Crippen molar-refractivity contribution in [2.75, 3.05) is 20.7 Å². The molecule has 1 aromatic rings. The molecular weight excluding hydrogens is 404 g/mol. The first-order chi connectivity index (χ1) is 13.8. The number of nitrogens with one attached hydrogen (secondary N) is 1. The van der Waals surface area contributed by atoms with Gasteiger partial charge in [-0.1, -0.05) is 45.1 Å². The molecule has 0 fully saturated rings. The average Bonchev–Trinajstić information content (AvgIpc) is 2.69. The Labute approximate surface area is 187 Å². The molecule has 0 heterocycles. The van der Waals surface area contributed by atoms with Gasteiger partial charge in [0.2, 0.25) is 5.91 Å². The molecule has 1 rings (SSSR count). The fraction of sp³-hybridized carbons (Fsp3) is 0.565. The summed E-state index contributed by atoms with van der Waals surface area (Å²) in [6, 6.07) is 4.63. The van der Waals surface area contributed by atoms with Crippen molar-refractivity contribution in [3.05, 3.63) is 41.5 Å². The summed E-state index contributed by atoms with van der Waals surface area (Å²) in [5.74, 6) is 0.183. The van der Waals surface area contributed by atoms with Gasteiger partial charge in [0.1, 0.15) is 11.8 Å². The topological polar surface area (TPSA) is 78.9 Å². The van der Waals surface area contributed by atoms with Crippen LogP contribution in [0, 0.1) is 5.92 Å². The van der Waals surface area contributed by atoms with E-state index in [1.54, 1.807) is 24.1 Å². The lowest BCUT2D eigenvalue weighted by atomic mass is 10.0. The normalized spacial score (nSPS) is 12.1. The molecule has 0 saturated heterocycles. The number of nitrogens with zero attached hydrogens (tertiary/aromatic N) is 1. The molecule has 2 N–H and O–H groups in total. The molecule has 0 bridgehead atoms. The van der Waals surface area contributed by atoms with E-state index in [-0.39, 0.29) is 18.3 Å². The second-order valence-corrected chi connectivity index (χ2v) is 7.58. The molecule has 1 unspecified atom stereocenters. The van der Waals surface area contributed by atoms with Crippen LogP contribution in [0.3, 0.4) is 0 Å². The third kappa shape index (κ3) is 9.63. The summed E-state index contributed by atoms with van der Waals surface area (Å²) in [4.78, 5) is 25.5. The number of halogens is 1. The summed E-state index contributed by atoms with van der Waals surface area (Å²) in [7, 11) is 3.30. The Bertz CT molecular complexity index is 692. The highest BCUT2D eigenvalue weighted by Crippen LogP contribution is 2.30. The van der Waals surface area contributed by atoms with Crippen LogP contribution >= 0.6 is 12.4 Å². The van der Waals surface area contributed by atoms with Crippen LogP contribution in [0.15, 0.2) is 30.4 Å². The number of likely N-dealkylation sites (N-methyl/N-ethyl adjacent to an activating group) is 1. The van der Waals surface area contributed by atoms with Crippen LogP contribution in [-0.4, -0.2) is 42.6 Å². The van der Waals surface area contributed by atoms with Crippen molar-refractivity contribution >= 4 is 24.3 Å². The first-order valence-electron chi connectivity index (χ1n) is 10.3. The van der Waals surface area contributed by atoms with E-state index in [1.807, 2.05) is 13.0 Å². The van der Waals surface area contributed by atoms with Crippen molar-refractivity contribution < 1.29 is 19.4 Å². The van der Waals surface area contributed by atoms with Crippen molar-refractivity contribution in [3.63, 3.8) is 0 Å². The van der Waals surface area contributed by atoms with Crippen molar-refractivity contribution in [1.29, 1.82) is 0 Å². The minimum absolute atomic E-state index is 0. The summed E-state index contributed by atoms with van der Waals surface area (Å²) in [6.45, 7) is 7.20. The van der Waals surface area contributed by atoms with Gasteiger partial charge in [0, 0.05) is 18.5 Å². The van der Waals surface area contributed by atoms with Crippen LogP contribution in [0.4, 0.5) is 0 Å². The lowest BCUT2D eigenvalue weighted by Gasteiger charge is -2.25. The number of allylic oxidation sites excluding steroid dienone is 2. The molecule has 170 valence electrons. The quantitative estimate of drug-likeness (QED) is 0.346. The van der Waals surface area contributed by atoms with Crippen LogP contribution in [0.1, 0.15) is 63.6 Å². The minimum Gasteiger partial charge on any atom is -0.496 e. The van der Waals surface area contributed by atoms with E-state index in [9.17, 15) is 14.7 Å². The number of benzene rings is 1. The first kappa shape index (κ1) is 27.9. The molecule has 0 radical (unpaired) electrons. The van der Waals surface area contributed by atoms with Gasteiger partial charge in [-0.2, -0.15) is 0 Å². The maximum absolute atomic E-state index is 12.1. The average molecular weight is 441 g/mol. The Morgan fingerprint density at radius 3 is 2.53 bits per heavy atom. The second kappa shape index (κ2) is 14.9. The van der Waals surface area contributed by atoms with Crippen molar-refractivity contribution in [3.8, 4) is 5.75 Å². The van der Waals surface area contributed by atoms with Gasteiger partial charge < -0.3 is 15.2 Å². The SMILES string of the molecule is CCN(C)C(C(=O)O)c1ccc(CNC(=O)CCCC/C=C/C(C)C)cc1OC.Cl. The summed E-state index contributed by atoms with van der Waals surface area (Å²) in [5, 5.41) is 12.5. The molecule has 1 aromatic carbocycles. The maximum Gasteiger partial charge on any atom is 0.325 e. The van der Waals surface area contributed by atoms with E-state index in [1.165, 1.54) is 7.11 Å². The van der Waals surface area contributed by atoms with Gasteiger partial charge in [0.25, 0.3) is 0 Å². The molecule has 7 heteroatoms. The molecule has 0 spiro atoms. The number of carbonyl (C=O) groups is 2. The fourth-order valence-electron chi connectivity index (χ4n) is 3.04. The number of rotatable bonds is 13. The number of hydrogen-bond donors (Lipinski definition) is 2. The zero-order chi connectivity index (χ0) is 21.8. The predicted molar refractivity (Wildman–Crippen MR) is 123 cm³/mol. The lowest BCUT2D eigenvalue weighted by Crippen LogP contribution is -2.31. The third-order valence-electron chi connectivity index (χ3n) is 4.80. The highest BCUT2D eigenvalue weighted by atomic mass is 35.5. The van der Waals surface area contributed by atoms with Gasteiger partial charge in [0.05, 0.1) is 7.11 Å². The maximum atomic E-state index is 12.1. The fourth-order valence-corrected chi connectivity index (χ4v) is 3.04. The van der Waals surface area contributed by atoms with Crippen molar-refractivity contribution in [2.45, 2.75) is 59.0 Å². The number of ether oxygens (including phenoxy) is 1. The Morgan fingerprint density at radius 1 is 1.27 bits per heavy atom. The number of amides is 1. The van der Waals surface area contributed by atoms with Crippen molar-refractivity contribution in [1.82, 2.24) is 10.2 Å². The van der Waals surface area contributed by atoms with Gasteiger partial charge >= 0.3 is 5.97 Å². The number of aliphatic carboxylic acids is 1. The Balaban J connectivity index is 0.00000841. The van der Waals surface area contributed by atoms with Crippen LogP contribution < -0.4 is 10.1 Å². The Morgan fingerprint density at radius 2 is 1.97 bits per heavy atom. The number of carbonyl (C=O) groups excluding carboxylic acids is 1. The largest absolute Gasteiger partial charge is 0.496 e. The zero-order valence-electron chi connectivity index (χ0n) is 18.8. The molecule has 30 heavy (non-hydrogen) atoms. The monoisotopic (exact) mass is 440 g/mol. The summed E-state index contributed by atoms with van der Waals surface area (Å²) in [6.07, 6.45) is 7.73. The summed E-state index contributed by atoms with van der Waals surface area (Å²) < 4.78 is 5.43. The van der Waals surface area contributed by atoms with Crippen molar-refractivity contribution in [2.24, 2.45) is 5.92 Å². The van der Waals surface area contributed by atoms with E-state index < -0.39 is 12.0 Å². The number of methoxy groups -OCH3 is 1. The number of unbranched alkanes of at least 4 members (excludes halogenated alkanes) is 2. The number of hydrogen-bond acceptors (Lipinski definition) is 4. The van der Waals surface area contributed by atoms with Gasteiger partial charge in [-0.3, -0.25) is 14.5 Å². The molecule has 0 aromatic heterocycles. The van der Waals surface area contributed by atoms with Crippen LogP contribution in [0.2, 0.25) is 0 Å². The Kier molecular flexibility index (Phi) is 13.8.